The van der Waals surface area contributed by atoms with Crippen molar-refractivity contribution in [1.29, 1.82) is 0 Å². The highest BCUT2D eigenvalue weighted by Gasteiger charge is 2.10. The van der Waals surface area contributed by atoms with Crippen LogP contribution in [0.15, 0.2) is 36.8 Å². The number of nitrogens with zero attached hydrogens (tertiary/aromatic N) is 2. The summed E-state index contributed by atoms with van der Waals surface area (Å²) in [6, 6.07) is 6.28. The molecule has 17 heavy (non-hydrogen) atoms. The van der Waals surface area contributed by atoms with Gasteiger partial charge < -0.3 is 5.73 Å². The summed E-state index contributed by atoms with van der Waals surface area (Å²) in [5, 5.41) is 0. The number of nitrogens with two attached hydrogens (primary N) is 1. The lowest BCUT2D eigenvalue weighted by atomic mass is 9.99. The van der Waals surface area contributed by atoms with E-state index in [4.69, 9.17) is 5.73 Å². The van der Waals surface area contributed by atoms with Gasteiger partial charge in [-0.1, -0.05) is 6.07 Å². The first-order valence-corrected chi connectivity index (χ1v) is 5.43. The molecule has 0 amide bonds. The Labute approximate surface area is 99.5 Å². The molecule has 0 aliphatic carbocycles. The van der Waals surface area contributed by atoms with Crippen LogP contribution in [0.3, 0.4) is 0 Å². The number of benzene rings is 1. The average Bonchev–Trinajstić information content (AvgIpc) is 2.35. The van der Waals surface area contributed by atoms with Gasteiger partial charge in [-0.15, -0.1) is 0 Å². The van der Waals surface area contributed by atoms with Gasteiger partial charge in [-0.05, 0) is 42.7 Å². The number of aromatic nitrogens is 2. The van der Waals surface area contributed by atoms with Crippen molar-refractivity contribution in [2.75, 3.05) is 0 Å². The molecule has 0 saturated carbocycles. The zero-order valence-electron chi connectivity index (χ0n) is 9.60. The fourth-order valence-electron chi connectivity index (χ4n) is 1.72. The van der Waals surface area contributed by atoms with Crippen molar-refractivity contribution in [3.8, 4) is 0 Å². The van der Waals surface area contributed by atoms with Gasteiger partial charge in [0.15, 0.2) is 0 Å². The van der Waals surface area contributed by atoms with E-state index in [1.54, 1.807) is 18.3 Å². The molecule has 1 unspecified atom stereocenters. The number of hydrogen-bond donors (Lipinski definition) is 1. The van der Waals surface area contributed by atoms with Gasteiger partial charge in [-0.25, -0.2) is 14.4 Å². The van der Waals surface area contributed by atoms with E-state index in [1.165, 1.54) is 18.5 Å². The Hall–Kier alpha value is -1.81. The SMILES string of the molecule is Cc1ccc(F)cc1CC(N)c1ccncn1. The van der Waals surface area contributed by atoms with Crippen molar-refractivity contribution < 1.29 is 4.39 Å². The Morgan fingerprint density at radius 2 is 2.18 bits per heavy atom. The summed E-state index contributed by atoms with van der Waals surface area (Å²) < 4.78 is 13.1. The largest absolute Gasteiger partial charge is 0.322 e. The fraction of sp³-hybridized carbons (Fsp3) is 0.231. The summed E-state index contributed by atoms with van der Waals surface area (Å²) in [6.07, 6.45) is 3.69. The van der Waals surface area contributed by atoms with Crippen LogP contribution >= 0.6 is 0 Å². The van der Waals surface area contributed by atoms with E-state index in [9.17, 15) is 4.39 Å². The average molecular weight is 231 g/mol. The highest BCUT2D eigenvalue weighted by molar-refractivity contribution is 5.28. The van der Waals surface area contributed by atoms with Crippen molar-refractivity contribution in [3.05, 3.63) is 59.4 Å². The molecule has 4 heteroatoms. The Morgan fingerprint density at radius 3 is 2.88 bits per heavy atom. The molecule has 1 aromatic heterocycles. The Balaban J connectivity index is 2.18. The van der Waals surface area contributed by atoms with Crippen LogP contribution in [0.1, 0.15) is 22.9 Å². The third kappa shape index (κ3) is 2.85. The molecule has 2 aromatic rings. The number of hydrogen-bond acceptors (Lipinski definition) is 3. The topological polar surface area (TPSA) is 51.8 Å². The summed E-state index contributed by atoms with van der Waals surface area (Å²) in [5.41, 5.74) is 8.75. The minimum absolute atomic E-state index is 0.236. The van der Waals surface area contributed by atoms with Crippen molar-refractivity contribution in [2.45, 2.75) is 19.4 Å². The number of halogens is 1. The smallest absolute Gasteiger partial charge is 0.123 e. The van der Waals surface area contributed by atoms with Crippen LogP contribution in [0.4, 0.5) is 4.39 Å². The van der Waals surface area contributed by atoms with E-state index >= 15 is 0 Å². The lowest BCUT2D eigenvalue weighted by Gasteiger charge is -2.12. The maximum Gasteiger partial charge on any atom is 0.123 e. The molecular weight excluding hydrogens is 217 g/mol. The van der Waals surface area contributed by atoms with E-state index in [0.29, 0.717) is 6.42 Å². The normalized spacial score (nSPS) is 12.4. The van der Waals surface area contributed by atoms with E-state index < -0.39 is 0 Å². The van der Waals surface area contributed by atoms with Gasteiger partial charge in [0.05, 0.1) is 11.7 Å². The molecule has 0 fully saturated rings. The van der Waals surface area contributed by atoms with Crippen molar-refractivity contribution in [1.82, 2.24) is 9.97 Å². The summed E-state index contributed by atoms with van der Waals surface area (Å²) >= 11 is 0. The standard InChI is InChI=1S/C13H14FN3/c1-9-2-3-11(14)6-10(9)7-12(15)13-4-5-16-8-17-13/h2-6,8,12H,7,15H2,1H3. The van der Waals surface area contributed by atoms with Crippen LogP contribution in [0, 0.1) is 12.7 Å². The summed E-state index contributed by atoms with van der Waals surface area (Å²) in [5.74, 6) is -0.236. The van der Waals surface area contributed by atoms with Crippen LogP contribution < -0.4 is 5.73 Å². The lowest BCUT2D eigenvalue weighted by Crippen LogP contribution is -2.15. The molecule has 2 rings (SSSR count). The highest BCUT2D eigenvalue weighted by atomic mass is 19.1. The van der Waals surface area contributed by atoms with E-state index in [-0.39, 0.29) is 11.9 Å². The van der Waals surface area contributed by atoms with Crippen LogP contribution in [0.5, 0.6) is 0 Å². The third-order valence-electron chi connectivity index (χ3n) is 2.74. The fourth-order valence-corrected chi connectivity index (χ4v) is 1.72. The maximum absolute atomic E-state index is 13.1. The van der Waals surface area contributed by atoms with Gasteiger partial charge in [0.2, 0.25) is 0 Å². The molecule has 2 N–H and O–H groups in total. The van der Waals surface area contributed by atoms with Crippen LogP contribution in [-0.4, -0.2) is 9.97 Å². The van der Waals surface area contributed by atoms with E-state index in [2.05, 4.69) is 9.97 Å². The molecule has 1 atom stereocenters. The molecule has 1 aromatic carbocycles. The first-order valence-electron chi connectivity index (χ1n) is 5.43. The summed E-state index contributed by atoms with van der Waals surface area (Å²) in [6.45, 7) is 1.95. The summed E-state index contributed by atoms with van der Waals surface area (Å²) in [7, 11) is 0. The van der Waals surface area contributed by atoms with Crippen LogP contribution in [0.2, 0.25) is 0 Å². The van der Waals surface area contributed by atoms with Crippen molar-refractivity contribution in [3.63, 3.8) is 0 Å². The van der Waals surface area contributed by atoms with Gasteiger partial charge in [-0.3, -0.25) is 0 Å². The monoisotopic (exact) mass is 231 g/mol. The predicted octanol–water partition coefficient (Wildman–Crippen LogP) is 2.17. The molecule has 0 spiro atoms. The van der Waals surface area contributed by atoms with E-state index in [1.807, 2.05) is 6.92 Å². The first kappa shape index (κ1) is 11.7. The van der Waals surface area contributed by atoms with Crippen LogP contribution in [0.25, 0.3) is 0 Å². The van der Waals surface area contributed by atoms with Crippen molar-refractivity contribution in [2.24, 2.45) is 5.73 Å². The third-order valence-corrected chi connectivity index (χ3v) is 2.74. The lowest BCUT2D eigenvalue weighted by molar-refractivity contribution is 0.619. The molecule has 3 nitrogen and oxygen atoms in total. The molecular formula is C13H14FN3. The second-order valence-corrected chi connectivity index (χ2v) is 4.02. The molecule has 0 aliphatic heterocycles. The van der Waals surface area contributed by atoms with Crippen molar-refractivity contribution >= 4 is 0 Å². The van der Waals surface area contributed by atoms with Gasteiger partial charge in [0, 0.05) is 6.20 Å². The van der Waals surface area contributed by atoms with Gasteiger partial charge in [0.25, 0.3) is 0 Å². The zero-order chi connectivity index (χ0) is 12.3. The molecule has 0 radical (unpaired) electrons. The first-order chi connectivity index (χ1) is 8.16. The minimum Gasteiger partial charge on any atom is -0.322 e. The molecule has 0 bridgehead atoms. The second kappa shape index (κ2) is 5.01. The van der Waals surface area contributed by atoms with Gasteiger partial charge >= 0.3 is 0 Å². The quantitative estimate of drug-likeness (QED) is 0.880. The summed E-state index contributed by atoms with van der Waals surface area (Å²) in [4.78, 5) is 7.94. The Kier molecular flexibility index (Phi) is 3.44. The predicted molar refractivity (Wildman–Crippen MR) is 63.8 cm³/mol. The molecule has 0 aliphatic rings. The maximum atomic E-state index is 13.1. The highest BCUT2D eigenvalue weighted by Crippen LogP contribution is 2.17. The number of rotatable bonds is 3. The molecule has 1 heterocycles. The van der Waals surface area contributed by atoms with Crippen LogP contribution in [-0.2, 0) is 6.42 Å². The molecule has 0 saturated heterocycles. The van der Waals surface area contributed by atoms with E-state index in [0.717, 1.165) is 16.8 Å². The second-order valence-electron chi connectivity index (χ2n) is 4.02. The van der Waals surface area contributed by atoms with Gasteiger partial charge in [-0.2, -0.15) is 0 Å². The minimum atomic E-state index is -0.238. The molecule has 88 valence electrons. The van der Waals surface area contributed by atoms with Gasteiger partial charge in [0.1, 0.15) is 12.1 Å². The Morgan fingerprint density at radius 1 is 1.35 bits per heavy atom. The Bertz CT molecular complexity index is 499. The zero-order valence-corrected chi connectivity index (χ0v) is 9.60. The number of aryl methyl sites for hydroxylation is 1.